The van der Waals surface area contributed by atoms with Gasteiger partial charge in [0.25, 0.3) is 0 Å². The fourth-order valence-electron chi connectivity index (χ4n) is 2.38. The van der Waals surface area contributed by atoms with E-state index in [-0.39, 0.29) is 17.2 Å². The molecule has 3 rings (SSSR count). The molecule has 1 aromatic carbocycles. The molecule has 0 bridgehead atoms. The van der Waals surface area contributed by atoms with E-state index in [1.165, 1.54) is 14.2 Å². The van der Waals surface area contributed by atoms with E-state index in [4.69, 9.17) is 14.2 Å². The summed E-state index contributed by atoms with van der Waals surface area (Å²) < 4.78 is 17.7. The highest BCUT2D eigenvalue weighted by Gasteiger charge is 2.19. The van der Waals surface area contributed by atoms with Crippen molar-refractivity contribution in [3.8, 4) is 28.9 Å². The van der Waals surface area contributed by atoms with Gasteiger partial charge in [-0.1, -0.05) is 6.07 Å². The molecule has 0 aliphatic rings. The third kappa shape index (κ3) is 3.40. The van der Waals surface area contributed by atoms with Gasteiger partial charge in [-0.2, -0.15) is 4.98 Å². The van der Waals surface area contributed by atoms with E-state index in [1.54, 1.807) is 47.3 Å². The van der Waals surface area contributed by atoms with Crippen LogP contribution in [-0.2, 0) is 0 Å². The van der Waals surface area contributed by atoms with Gasteiger partial charge < -0.3 is 23.9 Å². The number of rotatable bonds is 6. The van der Waals surface area contributed by atoms with Crippen molar-refractivity contribution < 1.29 is 24.1 Å². The minimum absolute atomic E-state index is 0.0299. The fourth-order valence-corrected chi connectivity index (χ4v) is 2.38. The van der Waals surface area contributed by atoms with Crippen LogP contribution in [0.25, 0.3) is 5.69 Å². The Kier molecular flexibility index (Phi) is 4.56. The lowest BCUT2D eigenvalue weighted by molar-refractivity contribution is 0.0694. The van der Waals surface area contributed by atoms with Gasteiger partial charge >= 0.3 is 5.97 Å². The predicted molar refractivity (Wildman–Crippen MR) is 90.1 cm³/mol. The number of hydrogen-bond acceptors (Lipinski definition) is 5. The van der Waals surface area contributed by atoms with Crippen LogP contribution in [0.15, 0.2) is 54.9 Å². The first kappa shape index (κ1) is 16.4. The average Bonchev–Trinajstić information content (AvgIpc) is 3.15. The maximum Gasteiger partial charge on any atom is 0.341 e. The van der Waals surface area contributed by atoms with Gasteiger partial charge in [0.2, 0.25) is 11.8 Å². The van der Waals surface area contributed by atoms with Crippen molar-refractivity contribution in [2.45, 2.75) is 0 Å². The Morgan fingerprint density at radius 3 is 2.40 bits per heavy atom. The number of aromatic carboxylic acids is 1. The van der Waals surface area contributed by atoms with Crippen LogP contribution in [0.2, 0.25) is 0 Å². The molecule has 2 aromatic heterocycles. The number of nitrogens with zero attached hydrogens (tertiary/aromatic N) is 2. The number of hydrogen-bond donors (Lipinski definition) is 1. The van der Waals surface area contributed by atoms with Gasteiger partial charge in [-0.3, -0.25) is 0 Å². The number of aromatic nitrogens is 2. The van der Waals surface area contributed by atoms with Crippen LogP contribution in [0.1, 0.15) is 10.4 Å². The minimum Gasteiger partial charge on any atom is -0.496 e. The number of benzene rings is 1. The second-order valence-electron chi connectivity index (χ2n) is 5.04. The second-order valence-corrected chi connectivity index (χ2v) is 5.04. The van der Waals surface area contributed by atoms with Crippen LogP contribution >= 0.6 is 0 Å². The zero-order chi connectivity index (χ0) is 17.8. The monoisotopic (exact) mass is 340 g/mol. The molecule has 0 saturated heterocycles. The summed E-state index contributed by atoms with van der Waals surface area (Å²) in [6, 6.07) is 11.8. The molecule has 0 spiro atoms. The molecule has 0 atom stereocenters. The molecule has 128 valence electrons. The maximum absolute atomic E-state index is 11.8. The van der Waals surface area contributed by atoms with Gasteiger partial charge in [0.05, 0.1) is 19.9 Å². The number of methoxy groups -OCH3 is 2. The molecule has 0 saturated carbocycles. The van der Waals surface area contributed by atoms with Crippen LogP contribution in [0.4, 0.5) is 0 Å². The topological polar surface area (TPSA) is 82.8 Å². The van der Waals surface area contributed by atoms with Crippen LogP contribution in [0.5, 0.6) is 23.3 Å². The quantitative estimate of drug-likeness (QED) is 0.741. The molecule has 25 heavy (non-hydrogen) atoms. The lowest BCUT2D eigenvalue weighted by atomic mass is 10.1. The van der Waals surface area contributed by atoms with E-state index in [2.05, 4.69) is 4.98 Å². The summed E-state index contributed by atoms with van der Waals surface area (Å²) in [4.78, 5) is 16.0. The van der Waals surface area contributed by atoms with Crippen molar-refractivity contribution in [1.82, 2.24) is 9.55 Å². The minimum atomic E-state index is -1.10. The summed E-state index contributed by atoms with van der Waals surface area (Å²) in [5.74, 6) is 0.0205. The Morgan fingerprint density at radius 2 is 1.76 bits per heavy atom. The van der Waals surface area contributed by atoms with E-state index in [9.17, 15) is 9.90 Å². The molecule has 0 amide bonds. The summed E-state index contributed by atoms with van der Waals surface area (Å²) in [6.45, 7) is 0. The van der Waals surface area contributed by atoms with Crippen LogP contribution < -0.4 is 14.2 Å². The van der Waals surface area contributed by atoms with Gasteiger partial charge in [0.1, 0.15) is 17.1 Å². The number of carboxylic acid groups (broad SMARTS) is 1. The van der Waals surface area contributed by atoms with Crippen LogP contribution in [0, 0.1) is 0 Å². The third-order valence-corrected chi connectivity index (χ3v) is 3.51. The lowest BCUT2D eigenvalue weighted by Crippen LogP contribution is -2.07. The number of ether oxygens (including phenoxy) is 3. The van der Waals surface area contributed by atoms with E-state index < -0.39 is 5.97 Å². The SMILES string of the molecule is COc1cc(OC)nc(Oc2cccc(-n3cccc3)c2C(=O)O)c1. The summed E-state index contributed by atoms with van der Waals surface area (Å²) in [5.41, 5.74) is 0.521. The molecule has 0 radical (unpaired) electrons. The molecule has 0 fully saturated rings. The third-order valence-electron chi connectivity index (χ3n) is 3.51. The molecule has 2 heterocycles. The van der Waals surface area contributed by atoms with E-state index in [0.29, 0.717) is 17.3 Å². The zero-order valence-corrected chi connectivity index (χ0v) is 13.7. The van der Waals surface area contributed by atoms with E-state index in [0.717, 1.165) is 0 Å². The summed E-state index contributed by atoms with van der Waals surface area (Å²) in [5, 5.41) is 9.66. The van der Waals surface area contributed by atoms with Crippen LogP contribution in [-0.4, -0.2) is 34.8 Å². The predicted octanol–water partition coefficient (Wildman–Crippen LogP) is 3.38. The van der Waals surface area contributed by atoms with Crippen molar-refractivity contribution in [1.29, 1.82) is 0 Å². The van der Waals surface area contributed by atoms with Gasteiger partial charge in [-0.25, -0.2) is 4.79 Å². The molecule has 7 nitrogen and oxygen atoms in total. The summed E-state index contributed by atoms with van der Waals surface area (Å²) in [7, 11) is 2.98. The number of carbonyl (C=O) groups is 1. The number of pyridine rings is 1. The van der Waals surface area contributed by atoms with Crippen molar-refractivity contribution >= 4 is 5.97 Å². The molecule has 0 unspecified atom stereocenters. The van der Waals surface area contributed by atoms with Crippen molar-refractivity contribution in [2.75, 3.05) is 14.2 Å². The Balaban J connectivity index is 2.06. The fraction of sp³-hybridized carbons (Fsp3) is 0.111. The molecule has 1 N–H and O–H groups in total. The van der Waals surface area contributed by atoms with Crippen molar-refractivity contribution in [2.24, 2.45) is 0 Å². The molecule has 3 aromatic rings. The van der Waals surface area contributed by atoms with Gasteiger partial charge in [0.15, 0.2) is 0 Å². The Labute approximate surface area is 144 Å². The Morgan fingerprint density at radius 1 is 1.04 bits per heavy atom. The highest BCUT2D eigenvalue weighted by atomic mass is 16.5. The highest BCUT2D eigenvalue weighted by molar-refractivity contribution is 5.95. The summed E-state index contributed by atoms with van der Waals surface area (Å²) in [6.07, 6.45) is 3.52. The molecular weight excluding hydrogens is 324 g/mol. The largest absolute Gasteiger partial charge is 0.496 e. The molecule has 0 aliphatic carbocycles. The van der Waals surface area contributed by atoms with E-state index >= 15 is 0 Å². The maximum atomic E-state index is 11.8. The molecular formula is C18H16N2O5. The average molecular weight is 340 g/mol. The van der Waals surface area contributed by atoms with Gasteiger partial charge in [0, 0.05) is 24.5 Å². The number of carboxylic acids is 1. The standard InChI is InChI=1S/C18H16N2O5/c1-23-12-10-15(24-2)19-16(11-12)25-14-7-5-6-13(17(14)18(21)22)20-8-3-4-9-20/h3-11H,1-2H3,(H,21,22). The Hall–Kier alpha value is -3.48. The van der Waals surface area contributed by atoms with Gasteiger partial charge in [-0.15, -0.1) is 0 Å². The van der Waals surface area contributed by atoms with Gasteiger partial charge in [-0.05, 0) is 24.3 Å². The summed E-state index contributed by atoms with van der Waals surface area (Å²) >= 11 is 0. The second kappa shape index (κ2) is 6.96. The van der Waals surface area contributed by atoms with Crippen molar-refractivity contribution in [3.63, 3.8) is 0 Å². The normalized spacial score (nSPS) is 10.3. The zero-order valence-electron chi connectivity index (χ0n) is 13.7. The first-order valence-corrected chi connectivity index (χ1v) is 7.40. The lowest BCUT2D eigenvalue weighted by Gasteiger charge is -2.14. The molecule has 0 aliphatic heterocycles. The van der Waals surface area contributed by atoms with Crippen molar-refractivity contribution in [3.05, 3.63) is 60.4 Å². The molecule has 7 heteroatoms. The first-order valence-electron chi connectivity index (χ1n) is 7.40. The van der Waals surface area contributed by atoms with E-state index in [1.807, 2.05) is 12.1 Å². The van der Waals surface area contributed by atoms with Crippen LogP contribution in [0.3, 0.4) is 0 Å². The smallest absolute Gasteiger partial charge is 0.341 e. The highest BCUT2D eigenvalue weighted by Crippen LogP contribution is 2.32. The first-order chi connectivity index (χ1) is 12.1. The Bertz CT molecular complexity index is 868.